The van der Waals surface area contributed by atoms with Crippen molar-refractivity contribution in [2.24, 2.45) is 0 Å². The van der Waals surface area contributed by atoms with E-state index in [1.807, 2.05) is 0 Å². The van der Waals surface area contributed by atoms with Gasteiger partial charge in [0, 0.05) is 12.5 Å². The number of carbonyl (C=O) groups is 2. The number of benzene rings is 1. The van der Waals surface area contributed by atoms with Crippen molar-refractivity contribution in [2.45, 2.75) is 24.7 Å². The van der Waals surface area contributed by atoms with E-state index in [1.165, 1.54) is 19.1 Å². The van der Waals surface area contributed by atoms with E-state index in [0.717, 1.165) is 6.07 Å². The molecule has 1 aromatic rings. The van der Waals surface area contributed by atoms with Crippen LogP contribution in [-0.2, 0) is 14.8 Å². The van der Waals surface area contributed by atoms with Gasteiger partial charge >= 0.3 is 0 Å². The molecule has 0 aliphatic carbocycles. The maximum atomic E-state index is 12.0. The van der Waals surface area contributed by atoms with Crippen LogP contribution in [0, 0.1) is 6.92 Å². The van der Waals surface area contributed by atoms with Crippen molar-refractivity contribution in [2.75, 3.05) is 6.54 Å². The van der Waals surface area contributed by atoms with Gasteiger partial charge in [0.2, 0.25) is 10.0 Å². The second-order valence-electron chi connectivity index (χ2n) is 4.14. The lowest BCUT2D eigenvalue weighted by Gasteiger charge is -2.11. The summed E-state index contributed by atoms with van der Waals surface area (Å²) in [4.78, 5) is 20.8. The number of hydrogen-bond acceptors (Lipinski definition) is 6. The topological polar surface area (TPSA) is 126 Å². The average Bonchev–Trinajstić information content (AvgIpc) is 2.34. The molecule has 0 saturated heterocycles. The lowest BCUT2D eigenvalue weighted by atomic mass is 10.1. The van der Waals surface area contributed by atoms with Crippen LogP contribution in [0.1, 0.15) is 28.8 Å². The molecule has 20 heavy (non-hydrogen) atoms. The molecule has 8 heteroatoms. The van der Waals surface area contributed by atoms with Crippen molar-refractivity contribution >= 4 is 22.0 Å². The van der Waals surface area contributed by atoms with Gasteiger partial charge in [0.1, 0.15) is 0 Å². The molecule has 0 heterocycles. The maximum Gasteiger partial charge on any atom is 0.240 e. The van der Waals surface area contributed by atoms with Crippen LogP contribution in [0.25, 0.3) is 0 Å². The summed E-state index contributed by atoms with van der Waals surface area (Å²) in [6.45, 7) is 1.44. The van der Waals surface area contributed by atoms with Gasteiger partial charge in [-0.25, -0.2) is 13.1 Å². The van der Waals surface area contributed by atoms with Crippen molar-refractivity contribution in [3.63, 3.8) is 0 Å². The molecule has 0 amide bonds. The molecule has 0 atom stereocenters. The quantitative estimate of drug-likeness (QED) is 0.590. The fraction of sp³-hybridized carbons (Fsp3) is 0.333. The Morgan fingerprint density at radius 1 is 1.25 bits per heavy atom. The number of carbonyl (C=O) groups excluding carboxylic acids is 2. The minimum Gasteiger partial charge on any atom is -0.550 e. The molecule has 110 valence electrons. The normalized spacial score (nSPS) is 11.2. The van der Waals surface area contributed by atoms with E-state index >= 15 is 0 Å². The number of nitrogens with one attached hydrogen (secondary N) is 1. The highest BCUT2D eigenvalue weighted by Gasteiger charge is 2.16. The third-order valence-electron chi connectivity index (χ3n) is 2.56. The van der Waals surface area contributed by atoms with Crippen LogP contribution >= 0.6 is 0 Å². The fourth-order valence-electron chi connectivity index (χ4n) is 1.53. The molecule has 0 fully saturated rings. The van der Waals surface area contributed by atoms with E-state index in [2.05, 4.69) is 4.72 Å². The molecular weight excluding hydrogens is 286 g/mol. The molecular formula is C12H13NO6S-2. The number of sulfonamides is 1. The monoisotopic (exact) mass is 299 g/mol. The Bertz CT molecular complexity index is 623. The molecule has 0 aromatic heterocycles. The van der Waals surface area contributed by atoms with Crippen molar-refractivity contribution < 1.29 is 28.2 Å². The van der Waals surface area contributed by atoms with E-state index < -0.39 is 22.0 Å². The lowest BCUT2D eigenvalue weighted by Crippen LogP contribution is -2.29. The van der Waals surface area contributed by atoms with Crippen LogP contribution in [0.15, 0.2) is 23.1 Å². The van der Waals surface area contributed by atoms with E-state index in [9.17, 15) is 28.2 Å². The van der Waals surface area contributed by atoms with Crippen LogP contribution in [0.3, 0.4) is 0 Å². The summed E-state index contributed by atoms with van der Waals surface area (Å²) < 4.78 is 26.2. The molecule has 0 saturated carbocycles. The highest BCUT2D eigenvalue weighted by atomic mass is 32.2. The summed E-state index contributed by atoms with van der Waals surface area (Å²) in [6.07, 6.45) is -0.179. The molecule has 0 unspecified atom stereocenters. The minimum atomic E-state index is -3.90. The van der Waals surface area contributed by atoms with Gasteiger partial charge in [-0.05, 0) is 37.0 Å². The van der Waals surface area contributed by atoms with Crippen molar-refractivity contribution in [3.8, 4) is 0 Å². The zero-order valence-corrected chi connectivity index (χ0v) is 11.5. The average molecular weight is 299 g/mol. The second-order valence-corrected chi connectivity index (χ2v) is 5.88. The standard InChI is InChI=1S/C12H15NO6S/c1-8-4-5-9(12(16)17)7-10(8)20(18,19)13-6-2-3-11(14)15/h4-5,7,13H,2-3,6H2,1H3,(H,14,15)(H,16,17)/p-2. The summed E-state index contributed by atoms with van der Waals surface area (Å²) in [5.74, 6) is -2.74. The summed E-state index contributed by atoms with van der Waals surface area (Å²) in [7, 11) is -3.90. The summed E-state index contributed by atoms with van der Waals surface area (Å²) in [6, 6.07) is 3.62. The zero-order valence-electron chi connectivity index (χ0n) is 10.7. The van der Waals surface area contributed by atoms with Gasteiger partial charge in [-0.2, -0.15) is 0 Å². The first-order valence-electron chi connectivity index (χ1n) is 5.75. The molecule has 0 aliphatic heterocycles. The molecule has 1 aromatic carbocycles. The molecule has 0 radical (unpaired) electrons. The molecule has 7 nitrogen and oxygen atoms in total. The van der Waals surface area contributed by atoms with Crippen LogP contribution in [0.5, 0.6) is 0 Å². The van der Waals surface area contributed by atoms with Gasteiger partial charge in [0.15, 0.2) is 0 Å². The maximum absolute atomic E-state index is 12.0. The molecule has 0 bridgehead atoms. The van der Waals surface area contributed by atoms with Gasteiger partial charge in [0.25, 0.3) is 0 Å². The smallest absolute Gasteiger partial charge is 0.240 e. The third-order valence-corrected chi connectivity index (χ3v) is 4.17. The van der Waals surface area contributed by atoms with Gasteiger partial charge in [0.05, 0.1) is 10.9 Å². The summed E-state index contributed by atoms with van der Waals surface area (Å²) in [5, 5.41) is 20.9. The van der Waals surface area contributed by atoms with Crippen LogP contribution in [0.4, 0.5) is 0 Å². The van der Waals surface area contributed by atoms with E-state index in [0.29, 0.717) is 5.56 Å². The highest BCUT2D eigenvalue weighted by molar-refractivity contribution is 7.89. The predicted molar refractivity (Wildman–Crippen MR) is 64.9 cm³/mol. The third kappa shape index (κ3) is 4.32. The van der Waals surface area contributed by atoms with Crippen molar-refractivity contribution in [1.29, 1.82) is 0 Å². The molecule has 0 aliphatic rings. The molecule has 1 N–H and O–H groups in total. The van der Waals surface area contributed by atoms with E-state index in [1.54, 1.807) is 0 Å². The fourth-order valence-corrected chi connectivity index (χ4v) is 2.88. The minimum absolute atomic E-state index is 0.0781. The summed E-state index contributed by atoms with van der Waals surface area (Å²) in [5.41, 5.74) is 0.133. The van der Waals surface area contributed by atoms with Crippen LogP contribution in [0.2, 0.25) is 0 Å². The van der Waals surface area contributed by atoms with Crippen LogP contribution in [-0.4, -0.2) is 26.9 Å². The van der Waals surface area contributed by atoms with Gasteiger partial charge in [-0.3, -0.25) is 0 Å². The number of aromatic carboxylic acids is 1. The Balaban J connectivity index is 2.89. The zero-order chi connectivity index (χ0) is 15.3. The molecule has 0 spiro atoms. The Hall–Kier alpha value is -1.93. The first-order chi connectivity index (χ1) is 9.24. The first kappa shape index (κ1) is 16.1. The SMILES string of the molecule is Cc1ccc(C(=O)[O-])cc1S(=O)(=O)NCCCC(=O)[O-]. The Kier molecular flexibility index (Phi) is 5.23. The predicted octanol–water partition coefficient (Wildman–Crippen LogP) is -1.83. The Morgan fingerprint density at radius 3 is 2.45 bits per heavy atom. The van der Waals surface area contributed by atoms with Gasteiger partial charge in [-0.15, -0.1) is 0 Å². The first-order valence-corrected chi connectivity index (χ1v) is 7.24. The summed E-state index contributed by atoms with van der Waals surface area (Å²) >= 11 is 0. The van der Waals surface area contributed by atoms with E-state index in [4.69, 9.17) is 0 Å². The lowest BCUT2D eigenvalue weighted by molar-refractivity contribution is -0.305. The van der Waals surface area contributed by atoms with Crippen LogP contribution < -0.4 is 14.9 Å². The van der Waals surface area contributed by atoms with E-state index in [-0.39, 0.29) is 29.8 Å². The van der Waals surface area contributed by atoms with Gasteiger partial charge < -0.3 is 19.8 Å². The highest BCUT2D eigenvalue weighted by Crippen LogP contribution is 2.16. The number of rotatable bonds is 7. The number of carboxylic acids is 2. The van der Waals surface area contributed by atoms with Crippen molar-refractivity contribution in [3.05, 3.63) is 29.3 Å². The largest absolute Gasteiger partial charge is 0.550 e. The Labute approximate surface area is 116 Å². The molecule has 1 rings (SSSR count). The number of hydrogen-bond donors (Lipinski definition) is 1. The number of aryl methyl sites for hydroxylation is 1. The van der Waals surface area contributed by atoms with Crippen molar-refractivity contribution in [1.82, 2.24) is 4.72 Å². The van der Waals surface area contributed by atoms with Gasteiger partial charge in [-0.1, -0.05) is 12.1 Å². The number of carboxylic acid groups (broad SMARTS) is 2. The Morgan fingerprint density at radius 2 is 1.90 bits per heavy atom. The number of aliphatic carboxylic acids is 1. The second kappa shape index (κ2) is 6.49.